The molecule has 0 heterocycles. The highest BCUT2D eigenvalue weighted by atomic mass is 32.2. The zero-order valence-corrected chi connectivity index (χ0v) is 10.4. The molecule has 0 aromatic carbocycles. The Morgan fingerprint density at radius 3 is 2.44 bits per heavy atom. The summed E-state index contributed by atoms with van der Waals surface area (Å²) in [5.74, 6) is 1.32. The number of sulfonamides is 1. The molecule has 4 nitrogen and oxygen atoms in total. The van der Waals surface area contributed by atoms with Crippen molar-refractivity contribution >= 4 is 10.0 Å². The van der Waals surface area contributed by atoms with Gasteiger partial charge < -0.3 is 5.11 Å². The van der Waals surface area contributed by atoms with Crippen molar-refractivity contribution < 1.29 is 13.5 Å². The third-order valence-corrected chi connectivity index (χ3v) is 5.29. The van der Waals surface area contributed by atoms with Crippen LogP contribution >= 0.6 is 0 Å². The van der Waals surface area contributed by atoms with Crippen molar-refractivity contribution in [2.45, 2.75) is 32.1 Å². The van der Waals surface area contributed by atoms with E-state index in [0.717, 1.165) is 32.1 Å². The lowest BCUT2D eigenvalue weighted by molar-refractivity contribution is 0.195. The van der Waals surface area contributed by atoms with E-state index in [2.05, 4.69) is 4.72 Å². The second-order valence-corrected chi connectivity index (χ2v) is 7.06. The first-order valence-electron chi connectivity index (χ1n) is 6.19. The highest BCUT2D eigenvalue weighted by Crippen LogP contribution is 2.32. The monoisotopic (exact) mass is 247 g/mol. The molecule has 2 fully saturated rings. The van der Waals surface area contributed by atoms with Crippen LogP contribution in [0.3, 0.4) is 0 Å². The number of nitrogens with one attached hydrogen (secondary N) is 1. The van der Waals surface area contributed by atoms with Gasteiger partial charge in [-0.1, -0.05) is 6.42 Å². The SMILES string of the molecule is O=S(=O)(CC1CC1)NCC1CCCC1CO. The summed E-state index contributed by atoms with van der Waals surface area (Å²) in [6.07, 6.45) is 5.30. The zero-order chi connectivity index (χ0) is 11.6. The maximum Gasteiger partial charge on any atom is 0.211 e. The minimum absolute atomic E-state index is 0.190. The molecule has 0 amide bonds. The van der Waals surface area contributed by atoms with Gasteiger partial charge in [0.15, 0.2) is 0 Å². The lowest BCUT2D eigenvalue weighted by atomic mass is 9.97. The third-order valence-electron chi connectivity index (χ3n) is 3.77. The van der Waals surface area contributed by atoms with Gasteiger partial charge in [-0.25, -0.2) is 13.1 Å². The van der Waals surface area contributed by atoms with Crippen LogP contribution in [0, 0.1) is 17.8 Å². The van der Waals surface area contributed by atoms with Gasteiger partial charge in [0.05, 0.1) is 5.75 Å². The zero-order valence-electron chi connectivity index (χ0n) is 9.56. The molecule has 16 heavy (non-hydrogen) atoms. The molecule has 0 spiro atoms. The highest BCUT2D eigenvalue weighted by molar-refractivity contribution is 7.89. The summed E-state index contributed by atoms with van der Waals surface area (Å²) in [7, 11) is -3.07. The van der Waals surface area contributed by atoms with Gasteiger partial charge in [0, 0.05) is 13.2 Å². The van der Waals surface area contributed by atoms with Gasteiger partial charge in [-0.2, -0.15) is 0 Å². The summed E-state index contributed by atoms with van der Waals surface area (Å²) in [6.45, 7) is 0.704. The van der Waals surface area contributed by atoms with Crippen molar-refractivity contribution in [3.63, 3.8) is 0 Å². The molecule has 0 bridgehead atoms. The number of hydrogen-bond acceptors (Lipinski definition) is 3. The van der Waals surface area contributed by atoms with E-state index in [4.69, 9.17) is 5.11 Å². The molecule has 0 aromatic rings. The van der Waals surface area contributed by atoms with Gasteiger partial charge in [0.1, 0.15) is 0 Å². The molecule has 5 heteroatoms. The first kappa shape index (κ1) is 12.3. The van der Waals surface area contributed by atoms with E-state index >= 15 is 0 Å². The molecule has 0 aliphatic heterocycles. The van der Waals surface area contributed by atoms with Crippen LogP contribution in [0.5, 0.6) is 0 Å². The van der Waals surface area contributed by atoms with Crippen LogP contribution in [0.4, 0.5) is 0 Å². The summed E-state index contributed by atoms with van der Waals surface area (Å²) < 4.78 is 26.0. The van der Waals surface area contributed by atoms with Crippen molar-refractivity contribution in [1.82, 2.24) is 4.72 Å². The standard InChI is InChI=1S/C11H21NO3S/c13-7-11-3-1-2-10(11)6-12-16(14,15)8-9-4-5-9/h9-13H,1-8H2. The molecule has 0 saturated heterocycles. The van der Waals surface area contributed by atoms with E-state index < -0.39 is 10.0 Å². The lowest BCUT2D eigenvalue weighted by Crippen LogP contribution is -2.33. The molecule has 2 aliphatic carbocycles. The average Bonchev–Trinajstić information content (AvgIpc) is 2.91. The Balaban J connectivity index is 1.77. The number of aliphatic hydroxyl groups excluding tert-OH is 1. The molecule has 2 aliphatic rings. The fourth-order valence-corrected chi connectivity index (χ4v) is 4.05. The van der Waals surface area contributed by atoms with Crippen LogP contribution in [0.15, 0.2) is 0 Å². The topological polar surface area (TPSA) is 66.4 Å². The largest absolute Gasteiger partial charge is 0.396 e. The summed E-state index contributed by atoms with van der Waals surface area (Å²) >= 11 is 0. The predicted octanol–water partition coefficient (Wildman–Crippen LogP) is 0.724. The van der Waals surface area contributed by atoms with Gasteiger partial charge >= 0.3 is 0 Å². The predicted molar refractivity (Wildman–Crippen MR) is 62.4 cm³/mol. The van der Waals surface area contributed by atoms with Crippen molar-refractivity contribution in [1.29, 1.82) is 0 Å². The number of aliphatic hydroxyl groups is 1. The van der Waals surface area contributed by atoms with Crippen molar-refractivity contribution in [2.24, 2.45) is 17.8 Å². The summed E-state index contributed by atoms with van der Waals surface area (Å²) in [4.78, 5) is 0. The Morgan fingerprint density at radius 1 is 1.12 bits per heavy atom. The van der Waals surface area contributed by atoms with Crippen LogP contribution in [0.1, 0.15) is 32.1 Å². The van der Waals surface area contributed by atoms with Crippen LogP contribution in [0.25, 0.3) is 0 Å². The second kappa shape index (κ2) is 5.02. The maximum absolute atomic E-state index is 11.7. The Hall–Kier alpha value is -0.130. The van der Waals surface area contributed by atoms with Gasteiger partial charge in [-0.15, -0.1) is 0 Å². The fourth-order valence-electron chi connectivity index (χ4n) is 2.51. The van der Waals surface area contributed by atoms with E-state index in [1.54, 1.807) is 0 Å². The third kappa shape index (κ3) is 3.43. The molecular weight excluding hydrogens is 226 g/mol. The Morgan fingerprint density at radius 2 is 1.81 bits per heavy atom. The minimum Gasteiger partial charge on any atom is -0.396 e. The van der Waals surface area contributed by atoms with Crippen molar-refractivity contribution in [3.8, 4) is 0 Å². The van der Waals surface area contributed by atoms with E-state index in [9.17, 15) is 8.42 Å². The molecule has 0 aromatic heterocycles. The minimum atomic E-state index is -3.07. The van der Waals surface area contributed by atoms with Crippen LogP contribution in [-0.4, -0.2) is 32.4 Å². The Kier molecular flexibility index (Phi) is 3.87. The van der Waals surface area contributed by atoms with Crippen LogP contribution < -0.4 is 4.72 Å². The first-order chi connectivity index (χ1) is 7.61. The maximum atomic E-state index is 11.7. The van der Waals surface area contributed by atoms with Gasteiger partial charge in [0.2, 0.25) is 10.0 Å². The smallest absolute Gasteiger partial charge is 0.211 e. The molecule has 2 unspecified atom stereocenters. The van der Waals surface area contributed by atoms with E-state index in [1.807, 2.05) is 0 Å². The Bertz CT molecular complexity index is 324. The summed E-state index contributed by atoms with van der Waals surface area (Å²) in [6, 6.07) is 0. The number of hydrogen-bond donors (Lipinski definition) is 2. The highest BCUT2D eigenvalue weighted by Gasteiger charge is 2.30. The van der Waals surface area contributed by atoms with E-state index in [0.29, 0.717) is 30.1 Å². The fraction of sp³-hybridized carbons (Fsp3) is 1.00. The first-order valence-corrected chi connectivity index (χ1v) is 7.84. The van der Waals surface area contributed by atoms with E-state index in [-0.39, 0.29) is 6.61 Å². The molecule has 2 atom stereocenters. The molecule has 2 saturated carbocycles. The quantitative estimate of drug-likeness (QED) is 0.727. The average molecular weight is 247 g/mol. The van der Waals surface area contributed by atoms with E-state index in [1.165, 1.54) is 0 Å². The van der Waals surface area contributed by atoms with Crippen molar-refractivity contribution in [3.05, 3.63) is 0 Å². The molecular formula is C11H21NO3S. The summed E-state index contributed by atoms with van der Waals surface area (Å²) in [5, 5.41) is 9.14. The molecule has 2 N–H and O–H groups in total. The summed E-state index contributed by atoms with van der Waals surface area (Å²) in [5.41, 5.74) is 0. The molecule has 0 radical (unpaired) electrons. The molecule has 2 rings (SSSR count). The van der Waals surface area contributed by atoms with Gasteiger partial charge in [-0.3, -0.25) is 0 Å². The van der Waals surface area contributed by atoms with Crippen molar-refractivity contribution in [2.75, 3.05) is 18.9 Å². The Labute approximate surface area is 97.5 Å². The lowest BCUT2D eigenvalue weighted by Gasteiger charge is -2.17. The molecule has 94 valence electrons. The van der Waals surface area contributed by atoms with Crippen LogP contribution in [-0.2, 0) is 10.0 Å². The normalized spacial score (nSPS) is 30.8. The van der Waals surface area contributed by atoms with Gasteiger partial charge in [-0.05, 0) is 43.4 Å². The van der Waals surface area contributed by atoms with Crippen LogP contribution in [0.2, 0.25) is 0 Å². The van der Waals surface area contributed by atoms with Gasteiger partial charge in [0.25, 0.3) is 0 Å². The second-order valence-electron chi connectivity index (χ2n) is 5.21. The number of rotatable bonds is 6.